The van der Waals surface area contributed by atoms with Crippen LogP contribution in [-0.4, -0.2) is 20.4 Å². The minimum atomic E-state index is -3.98. The van der Waals surface area contributed by atoms with Crippen LogP contribution in [-0.2, 0) is 4.57 Å². The predicted octanol–water partition coefficient (Wildman–Crippen LogP) is 2.62. The molecular weight excluding hydrogens is 311 g/mol. The second-order valence-corrected chi connectivity index (χ2v) is 5.28. The highest BCUT2D eigenvalue weighted by Crippen LogP contribution is 2.38. The third-order valence-corrected chi connectivity index (χ3v) is 2.68. The summed E-state index contributed by atoms with van der Waals surface area (Å²) in [4.78, 5) is 17.3. The van der Waals surface area contributed by atoms with Crippen molar-refractivity contribution in [3.8, 4) is 0 Å². The summed E-state index contributed by atoms with van der Waals surface area (Å²) in [6.45, 7) is 0. The number of halogens is 2. The van der Waals surface area contributed by atoms with Crippen LogP contribution in [0.4, 0.5) is 0 Å². The van der Waals surface area contributed by atoms with Crippen molar-refractivity contribution in [2.24, 2.45) is 0 Å². The summed E-state index contributed by atoms with van der Waals surface area (Å²) in [5, 5.41) is 1.46. The van der Waals surface area contributed by atoms with E-state index in [1.807, 2.05) is 0 Å². The Labute approximate surface area is 88.7 Å². The SMILES string of the molecule is O=P(O)(O)C=C(CCBr)CCBr. The Hall–Kier alpha value is 0.850. The van der Waals surface area contributed by atoms with Gasteiger partial charge in [0.25, 0.3) is 0 Å². The first-order chi connectivity index (χ1) is 5.49. The summed E-state index contributed by atoms with van der Waals surface area (Å²) in [6, 6.07) is 0. The Balaban J connectivity index is 4.27. The zero-order chi connectivity index (χ0) is 9.61. The van der Waals surface area contributed by atoms with Crippen LogP contribution in [0.1, 0.15) is 12.8 Å². The predicted molar refractivity (Wildman–Crippen MR) is 56.9 cm³/mol. The van der Waals surface area contributed by atoms with E-state index < -0.39 is 7.60 Å². The third-order valence-electron chi connectivity index (χ3n) is 1.18. The van der Waals surface area contributed by atoms with Crippen LogP contribution in [0.15, 0.2) is 11.4 Å². The lowest BCUT2D eigenvalue weighted by Gasteiger charge is -2.03. The molecule has 0 fully saturated rings. The van der Waals surface area contributed by atoms with E-state index in [1.54, 1.807) is 0 Å². The van der Waals surface area contributed by atoms with Crippen molar-refractivity contribution in [1.82, 2.24) is 0 Å². The van der Waals surface area contributed by atoms with Crippen LogP contribution in [0, 0.1) is 0 Å². The molecule has 0 heterocycles. The van der Waals surface area contributed by atoms with E-state index in [0.717, 1.165) is 22.1 Å². The average Bonchev–Trinajstić information content (AvgIpc) is 1.84. The highest BCUT2D eigenvalue weighted by Gasteiger charge is 2.09. The van der Waals surface area contributed by atoms with Gasteiger partial charge in [0.15, 0.2) is 0 Å². The summed E-state index contributed by atoms with van der Waals surface area (Å²) < 4.78 is 10.6. The van der Waals surface area contributed by atoms with E-state index in [-0.39, 0.29) is 0 Å². The van der Waals surface area contributed by atoms with E-state index in [0.29, 0.717) is 12.8 Å². The molecule has 2 N–H and O–H groups in total. The summed E-state index contributed by atoms with van der Waals surface area (Å²) in [5.74, 6) is 1.05. The van der Waals surface area contributed by atoms with Crippen molar-refractivity contribution in [1.29, 1.82) is 0 Å². The largest absolute Gasteiger partial charge is 0.349 e. The Morgan fingerprint density at radius 3 is 1.92 bits per heavy atom. The maximum Gasteiger partial charge on any atom is 0.349 e. The summed E-state index contributed by atoms with van der Waals surface area (Å²) in [5.41, 5.74) is 0.789. The molecule has 0 rings (SSSR count). The number of hydrogen-bond acceptors (Lipinski definition) is 1. The Bertz CT molecular complexity index is 191. The molecule has 0 atom stereocenters. The van der Waals surface area contributed by atoms with Crippen LogP contribution in [0.5, 0.6) is 0 Å². The van der Waals surface area contributed by atoms with Gasteiger partial charge in [-0.2, -0.15) is 0 Å². The highest BCUT2D eigenvalue weighted by atomic mass is 79.9. The minimum Gasteiger partial charge on any atom is -0.321 e. The van der Waals surface area contributed by atoms with Crippen molar-refractivity contribution in [2.75, 3.05) is 10.7 Å². The Morgan fingerprint density at radius 1 is 1.25 bits per heavy atom. The molecule has 6 heteroatoms. The van der Waals surface area contributed by atoms with Crippen molar-refractivity contribution >= 4 is 39.5 Å². The maximum absolute atomic E-state index is 10.6. The molecule has 72 valence electrons. The van der Waals surface area contributed by atoms with Crippen molar-refractivity contribution < 1.29 is 14.4 Å². The van der Waals surface area contributed by atoms with Crippen LogP contribution in [0.3, 0.4) is 0 Å². The first kappa shape index (κ1) is 12.8. The molecule has 0 aliphatic rings. The van der Waals surface area contributed by atoms with Crippen molar-refractivity contribution in [3.05, 3.63) is 11.4 Å². The van der Waals surface area contributed by atoms with Gasteiger partial charge in [-0.1, -0.05) is 37.4 Å². The van der Waals surface area contributed by atoms with Crippen molar-refractivity contribution in [2.45, 2.75) is 12.8 Å². The topological polar surface area (TPSA) is 57.5 Å². The summed E-state index contributed by atoms with van der Waals surface area (Å²) in [6.07, 6.45) is 1.35. The van der Waals surface area contributed by atoms with Crippen LogP contribution < -0.4 is 0 Å². The third kappa shape index (κ3) is 7.50. The van der Waals surface area contributed by atoms with E-state index in [4.69, 9.17) is 9.79 Å². The molecule has 3 nitrogen and oxygen atoms in total. The highest BCUT2D eigenvalue weighted by molar-refractivity contribution is 9.09. The zero-order valence-corrected chi connectivity index (χ0v) is 10.5. The minimum absolute atomic E-state index is 0.677. The average molecular weight is 322 g/mol. The molecule has 0 radical (unpaired) electrons. The molecule has 0 unspecified atom stereocenters. The van der Waals surface area contributed by atoms with E-state index in [2.05, 4.69) is 31.9 Å². The summed E-state index contributed by atoms with van der Waals surface area (Å²) in [7, 11) is -3.98. The lowest BCUT2D eigenvalue weighted by molar-refractivity contribution is 0.385. The molecule has 0 saturated heterocycles. The van der Waals surface area contributed by atoms with Gasteiger partial charge in [0.05, 0.1) is 0 Å². The summed E-state index contributed by atoms with van der Waals surface area (Å²) >= 11 is 6.44. The van der Waals surface area contributed by atoms with Crippen molar-refractivity contribution in [3.63, 3.8) is 0 Å². The van der Waals surface area contributed by atoms with Gasteiger partial charge in [-0.15, -0.1) is 0 Å². The fourth-order valence-electron chi connectivity index (χ4n) is 0.735. The van der Waals surface area contributed by atoms with Gasteiger partial charge < -0.3 is 9.79 Å². The zero-order valence-electron chi connectivity index (χ0n) is 6.41. The maximum atomic E-state index is 10.6. The number of alkyl halides is 2. The molecule has 0 saturated carbocycles. The second kappa shape index (κ2) is 6.33. The molecule has 0 amide bonds. The monoisotopic (exact) mass is 320 g/mol. The number of allylic oxidation sites excluding steroid dienone is 1. The molecule has 12 heavy (non-hydrogen) atoms. The first-order valence-corrected chi connectivity index (χ1v) is 7.30. The molecule has 0 aliphatic heterocycles. The normalized spacial score (nSPS) is 11.3. The van der Waals surface area contributed by atoms with Gasteiger partial charge in [0, 0.05) is 16.5 Å². The van der Waals surface area contributed by atoms with E-state index in [1.165, 1.54) is 0 Å². The molecule has 0 aromatic carbocycles. The lowest BCUT2D eigenvalue weighted by atomic mass is 10.2. The molecule has 0 aliphatic carbocycles. The van der Waals surface area contributed by atoms with Crippen LogP contribution in [0.2, 0.25) is 0 Å². The van der Waals surface area contributed by atoms with Crippen LogP contribution >= 0.6 is 39.5 Å². The van der Waals surface area contributed by atoms with Gasteiger partial charge in [-0.05, 0) is 12.8 Å². The van der Waals surface area contributed by atoms with Crippen LogP contribution in [0.25, 0.3) is 0 Å². The van der Waals surface area contributed by atoms with Gasteiger partial charge in [-0.3, -0.25) is 4.57 Å². The lowest BCUT2D eigenvalue weighted by Crippen LogP contribution is -1.87. The Morgan fingerprint density at radius 2 is 1.67 bits per heavy atom. The van der Waals surface area contributed by atoms with E-state index >= 15 is 0 Å². The molecule has 0 aromatic heterocycles. The fraction of sp³-hybridized carbons (Fsp3) is 0.667. The van der Waals surface area contributed by atoms with Gasteiger partial charge in [0.2, 0.25) is 0 Å². The fourth-order valence-corrected chi connectivity index (χ4v) is 2.49. The smallest absolute Gasteiger partial charge is 0.321 e. The number of rotatable bonds is 5. The molecule has 0 bridgehead atoms. The standard InChI is InChI=1S/C6H11Br2O3P/c7-3-1-6(2-4-8)5-12(9,10)11/h5H,1-4H2,(H2,9,10,11). The number of hydrogen-bond donors (Lipinski definition) is 2. The van der Waals surface area contributed by atoms with Gasteiger partial charge >= 0.3 is 7.60 Å². The second-order valence-electron chi connectivity index (χ2n) is 2.25. The van der Waals surface area contributed by atoms with Gasteiger partial charge in [-0.25, -0.2) is 0 Å². The quantitative estimate of drug-likeness (QED) is 0.604. The van der Waals surface area contributed by atoms with E-state index in [9.17, 15) is 4.57 Å². The first-order valence-electron chi connectivity index (χ1n) is 3.37. The molecule has 0 aromatic rings. The van der Waals surface area contributed by atoms with Gasteiger partial charge in [0.1, 0.15) is 0 Å². The molecule has 0 spiro atoms. The Kier molecular flexibility index (Phi) is 6.77. The molecular formula is C6H11Br2O3P.